The van der Waals surface area contributed by atoms with Gasteiger partial charge in [-0.05, 0) is 66.8 Å². The van der Waals surface area contributed by atoms with Crippen LogP contribution in [0.4, 0.5) is 4.39 Å². The monoisotopic (exact) mass is 508 g/mol. The van der Waals surface area contributed by atoms with E-state index in [0.29, 0.717) is 12.3 Å². The van der Waals surface area contributed by atoms with Crippen LogP contribution in [-0.4, -0.2) is 40.3 Å². The number of pyridine rings is 1. The quantitative estimate of drug-likeness (QED) is 0.495. The molecular formula is C29H37FN4O3. The van der Waals surface area contributed by atoms with Gasteiger partial charge in [0.25, 0.3) is 0 Å². The minimum absolute atomic E-state index is 0.0338. The van der Waals surface area contributed by atoms with Gasteiger partial charge in [-0.15, -0.1) is 0 Å². The zero-order valence-electron chi connectivity index (χ0n) is 22.1. The third kappa shape index (κ3) is 6.65. The van der Waals surface area contributed by atoms with Crippen molar-refractivity contribution in [3.05, 3.63) is 58.5 Å². The van der Waals surface area contributed by atoms with Gasteiger partial charge >= 0.3 is 0 Å². The number of halogens is 1. The van der Waals surface area contributed by atoms with Crippen LogP contribution in [0.3, 0.4) is 0 Å². The molecule has 8 heteroatoms. The maximum absolute atomic E-state index is 13.9. The number of carbonyl (C=O) groups excluding carboxylic acids is 1. The molecule has 2 heterocycles. The first kappa shape index (κ1) is 27.0. The molecule has 7 nitrogen and oxygen atoms in total. The van der Waals surface area contributed by atoms with Crippen LogP contribution in [-0.2, 0) is 17.6 Å². The molecule has 1 aromatic carbocycles. The topological polar surface area (TPSA) is 107 Å². The molecule has 1 saturated carbocycles. The van der Waals surface area contributed by atoms with Gasteiger partial charge < -0.3 is 20.5 Å². The third-order valence-corrected chi connectivity index (χ3v) is 7.25. The van der Waals surface area contributed by atoms with Crippen molar-refractivity contribution in [2.75, 3.05) is 6.54 Å². The summed E-state index contributed by atoms with van der Waals surface area (Å²) in [6.45, 7) is 8.05. The molecule has 1 unspecified atom stereocenters. The molecule has 1 aliphatic carbocycles. The van der Waals surface area contributed by atoms with Crippen molar-refractivity contribution in [1.29, 1.82) is 5.26 Å². The molecule has 37 heavy (non-hydrogen) atoms. The number of benzene rings is 1. The lowest BCUT2D eigenvalue weighted by atomic mass is 9.73. The van der Waals surface area contributed by atoms with E-state index in [-0.39, 0.29) is 35.1 Å². The molecule has 0 bridgehead atoms. The number of nitrogens with one attached hydrogen (secondary N) is 2. The van der Waals surface area contributed by atoms with Gasteiger partial charge in [0.1, 0.15) is 17.5 Å². The van der Waals surface area contributed by atoms with E-state index in [2.05, 4.69) is 37.5 Å². The molecule has 198 valence electrons. The normalized spacial score (nSPS) is 19.6. The minimum Gasteiger partial charge on any atom is -0.471 e. The molecule has 1 amide bonds. The second-order valence-corrected chi connectivity index (χ2v) is 11.8. The van der Waals surface area contributed by atoms with Crippen molar-refractivity contribution >= 4 is 5.91 Å². The van der Waals surface area contributed by atoms with Crippen LogP contribution in [0.25, 0.3) is 0 Å². The van der Waals surface area contributed by atoms with E-state index in [4.69, 9.17) is 9.72 Å². The van der Waals surface area contributed by atoms with Gasteiger partial charge in [-0.3, -0.25) is 4.79 Å². The van der Waals surface area contributed by atoms with Crippen LogP contribution in [0.1, 0.15) is 81.7 Å². The first-order valence-electron chi connectivity index (χ1n) is 13.0. The second-order valence-electron chi connectivity index (χ2n) is 11.8. The molecule has 0 saturated heterocycles. The fourth-order valence-corrected chi connectivity index (χ4v) is 5.31. The van der Waals surface area contributed by atoms with Crippen molar-refractivity contribution in [3.8, 4) is 11.9 Å². The van der Waals surface area contributed by atoms with E-state index in [1.165, 1.54) is 19.1 Å². The highest BCUT2D eigenvalue weighted by molar-refractivity contribution is 5.72. The van der Waals surface area contributed by atoms with E-state index in [1.54, 1.807) is 6.07 Å². The summed E-state index contributed by atoms with van der Waals surface area (Å²) in [7, 11) is 0. The highest BCUT2D eigenvalue weighted by Crippen LogP contribution is 2.48. The predicted octanol–water partition coefficient (Wildman–Crippen LogP) is 4.13. The number of amides is 1. The Bertz CT molecular complexity index is 1180. The van der Waals surface area contributed by atoms with Gasteiger partial charge in [0, 0.05) is 43.7 Å². The highest BCUT2D eigenvalue weighted by Gasteiger charge is 2.47. The van der Waals surface area contributed by atoms with Crippen molar-refractivity contribution < 1.29 is 19.0 Å². The van der Waals surface area contributed by atoms with E-state index < -0.39 is 18.0 Å². The first-order valence-corrected chi connectivity index (χ1v) is 13.0. The fourth-order valence-electron chi connectivity index (χ4n) is 5.31. The number of fused-ring (bicyclic) bond motifs is 1. The number of carbonyl (C=O) groups is 1. The number of hydrogen-bond donors (Lipinski definition) is 3. The van der Waals surface area contributed by atoms with Gasteiger partial charge in [0.2, 0.25) is 11.8 Å². The Morgan fingerprint density at radius 3 is 2.70 bits per heavy atom. The summed E-state index contributed by atoms with van der Waals surface area (Å²) in [5, 5.41) is 26.7. The highest BCUT2D eigenvalue weighted by atomic mass is 19.1. The molecule has 1 aromatic heterocycles. The number of aliphatic hydroxyl groups excluding tert-OH is 1. The van der Waals surface area contributed by atoms with Gasteiger partial charge in [-0.25, -0.2) is 9.37 Å². The molecule has 3 atom stereocenters. The average molecular weight is 509 g/mol. The zero-order valence-corrected chi connectivity index (χ0v) is 22.1. The lowest BCUT2D eigenvalue weighted by Gasteiger charge is -2.48. The Kier molecular flexibility index (Phi) is 7.86. The molecular weight excluding hydrogens is 471 g/mol. The predicted molar refractivity (Wildman–Crippen MR) is 138 cm³/mol. The molecule has 1 spiro atoms. The van der Waals surface area contributed by atoms with Crippen molar-refractivity contribution in [2.24, 2.45) is 5.41 Å². The third-order valence-electron chi connectivity index (χ3n) is 7.25. The second kappa shape index (κ2) is 10.8. The largest absolute Gasteiger partial charge is 0.471 e. The molecule has 2 aliphatic rings. The van der Waals surface area contributed by atoms with Crippen molar-refractivity contribution in [3.63, 3.8) is 0 Å². The molecule has 1 fully saturated rings. The smallest absolute Gasteiger partial charge is 0.218 e. The summed E-state index contributed by atoms with van der Waals surface area (Å²) in [6.07, 6.45) is 5.97. The van der Waals surface area contributed by atoms with Crippen LogP contribution in [0.2, 0.25) is 0 Å². The van der Waals surface area contributed by atoms with E-state index in [1.807, 2.05) is 12.3 Å². The maximum atomic E-state index is 13.9. The number of aromatic nitrogens is 1. The molecule has 2 aromatic rings. The number of rotatable bonds is 8. The number of aliphatic hydroxyl groups is 1. The zero-order chi connectivity index (χ0) is 26.8. The van der Waals surface area contributed by atoms with Crippen LogP contribution >= 0.6 is 0 Å². The van der Waals surface area contributed by atoms with E-state index in [9.17, 15) is 19.6 Å². The lowest BCUT2D eigenvalue weighted by molar-refractivity contribution is -0.119. The Hall–Kier alpha value is -3.02. The SMILES string of the molecule is CC(=O)NC[C@@H](O)C(Cc1ccc(F)c(C#N)c1)N[C@H]1CC2(CCC2)Oc2ncc(CC(C)(C)C)cc21. The van der Waals surface area contributed by atoms with Crippen molar-refractivity contribution in [2.45, 2.75) is 90.0 Å². The number of nitrogens with zero attached hydrogens (tertiary/aromatic N) is 2. The minimum atomic E-state index is -0.908. The summed E-state index contributed by atoms with van der Waals surface area (Å²) in [5.74, 6) is -0.172. The molecule has 4 rings (SSSR count). The van der Waals surface area contributed by atoms with Crippen LogP contribution in [0.5, 0.6) is 5.88 Å². The average Bonchev–Trinajstić information content (AvgIpc) is 2.81. The summed E-state index contributed by atoms with van der Waals surface area (Å²) >= 11 is 0. The summed E-state index contributed by atoms with van der Waals surface area (Å²) in [4.78, 5) is 16.2. The standard InChI is InChI=1S/C29H37FN4O3/c1-18(35)32-17-26(36)24(12-19-6-7-23(30)21(10-19)15-31)34-25-14-29(8-5-9-29)37-27-22(25)11-20(16-33-27)13-28(2,3)4/h6-7,10-11,16,24-26,34,36H,5,8-9,12-14,17H2,1-4H3,(H,32,35)/t24?,25-,26+/m0/s1. The van der Waals surface area contributed by atoms with Gasteiger partial charge in [-0.1, -0.05) is 26.8 Å². The maximum Gasteiger partial charge on any atom is 0.218 e. The molecule has 0 radical (unpaired) electrons. The summed E-state index contributed by atoms with van der Waals surface area (Å²) in [5.41, 5.74) is 2.62. The number of hydrogen-bond acceptors (Lipinski definition) is 6. The van der Waals surface area contributed by atoms with Crippen LogP contribution < -0.4 is 15.4 Å². The van der Waals surface area contributed by atoms with Gasteiger partial charge in [0.15, 0.2) is 0 Å². The Morgan fingerprint density at radius 1 is 1.32 bits per heavy atom. The molecule has 1 aliphatic heterocycles. The summed E-state index contributed by atoms with van der Waals surface area (Å²) < 4.78 is 20.3. The Balaban J connectivity index is 1.65. The first-order chi connectivity index (χ1) is 17.5. The van der Waals surface area contributed by atoms with Gasteiger partial charge in [-0.2, -0.15) is 5.26 Å². The van der Waals surface area contributed by atoms with E-state index >= 15 is 0 Å². The van der Waals surface area contributed by atoms with Crippen LogP contribution in [0, 0.1) is 22.6 Å². The lowest BCUT2D eigenvalue weighted by Crippen LogP contribution is -2.53. The summed E-state index contributed by atoms with van der Waals surface area (Å²) in [6, 6.07) is 7.87. The van der Waals surface area contributed by atoms with Crippen LogP contribution in [0.15, 0.2) is 30.5 Å². The van der Waals surface area contributed by atoms with E-state index in [0.717, 1.165) is 48.8 Å². The fraction of sp³-hybridized carbons (Fsp3) is 0.552. The Labute approximate surface area is 218 Å². The Morgan fingerprint density at radius 2 is 2.08 bits per heavy atom. The molecule has 3 N–H and O–H groups in total. The number of nitriles is 1. The van der Waals surface area contributed by atoms with Gasteiger partial charge in [0.05, 0.1) is 11.7 Å². The van der Waals surface area contributed by atoms with Crippen molar-refractivity contribution in [1.82, 2.24) is 15.6 Å². The number of ether oxygens (including phenoxy) is 1.